The quantitative estimate of drug-likeness (QED) is 0.656. The molecule has 22 heavy (non-hydrogen) atoms. The van der Waals surface area contributed by atoms with Crippen LogP contribution in [0.25, 0.3) is 0 Å². The SMILES string of the molecule is CCC(=NNC(N)=O)c1ccc(Oc2ccc(F)cc2)cc1. The van der Waals surface area contributed by atoms with Crippen molar-refractivity contribution in [1.82, 2.24) is 5.43 Å². The maximum absolute atomic E-state index is 12.8. The van der Waals surface area contributed by atoms with Gasteiger partial charge in [-0.25, -0.2) is 14.6 Å². The molecule has 2 amide bonds. The molecule has 0 saturated heterocycles. The highest BCUT2D eigenvalue weighted by Gasteiger charge is 2.04. The molecule has 0 radical (unpaired) electrons. The summed E-state index contributed by atoms with van der Waals surface area (Å²) in [6.07, 6.45) is 0.637. The van der Waals surface area contributed by atoms with Gasteiger partial charge in [-0.1, -0.05) is 6.92 Å². The number of carbonyl (C=O) groups is 1. The maximum Gasteiger partial charge on any atom is 0.332 e. The highest BCUT2D eigenvalue weighted by Crippen LogP contribution is 2.22. The van der Waals surface area contributed by atoms with Crippen molar-refractivity contribution in [1.29, 1.82) is 0 Å². The van der Waals surface area contributed by atoms with E-state index in [2.05, 4.69) is 10.5 Å². The molecule has 0 aliphatic rings. The lowest BCUT2D eigenvalue weighted by Gasteiger charge is -2.08. The van der Waals surface area contributed by atoms with Crippen molar-refractivity contribution in [2.75, 3.05) is 0 Å². The first-order chi connectivity index (χ1) is 10.6. The van der Waals surface area contributed by atoms with Crippen molar-refractivity contribution in [3.8, 4) is 11.5 Å². The Labute approximate surface area is 127 Å². The molecule has 0 aromatic heterocycles. The van der Waals surface area contributed by atoms with Gasteiger partial charge in [-0.3, -0.25) is 0 Å². The van der Waals surface area contributed by atoms with Crippen LogP contribution >= 0.6 is 0 Å². The summed E-state index contributed by atoms with van der Waals surface area (Å²) in [6.45, 7) is 1.92. The number of nitrogens with one attached hydrogen (secondary N) is 1. The first kappa shape index (κ1) is 15.5. The Morgan fingerprint density at radius 1 is 1.14 bits per heavy atom. The Bertz CT molecular complexity index is 667. The van der Waals surface area contributed by atoms with Crippen LogP contribution in [0.5, 0.6) is 11.5 Å². The molecule has 0 heterocycles. The molecule has 0 unspecified atom stereocenters. The molecule has 6 heteroatoms. The largest absolute Gasteiger partial charge is 0.457 e. The summed E-state index contributed by atoms with van der Waals surface area (Å²) in [4.78, 5) is 10.7. The molecule has 0 saturated carbocycles. The number of carbonyl (C=O) groups excluding carboxylic acids is 1. The van der Waals surface area contributed by atoms with E-state index in [1.807, 2.05) is 19.1 Å². The maximum atomic E-state index is 12.8. The fourth-order valence-electron chi connectivity index (χ4n) is 1.82. The van der Waals surface area contributed by atoms with Crippen molar-refractivity contribution in [3.63, 3.8) is 0 Å². The zero-order valence-corrected chi connectivity index (χ0v) is 12.0. The van der Waals surface area contributed by atoms with E-state index in [9.17, 15) is 9.18 Å². The van der Waals surface area contributed by atoms with Gasteiger partial charge in [0.15, 0.2) is 0 Å². The lowest BCUT2D eigenvalue weighted by atomic mass is 10.1. The Morgan fingerprint density at radius 2 is 1.68 bits per heavy atom. The van der Waals surface area contributed by atoms with Crippen LogP contribution in [-0.2, 0) is 0 Å². The van der Waals surface area contributed by atoms with Crippen LogP contribution in [0.4, 0.5) is 9.18 Å². The molecule has 0 spiro atoms. The number of benzene rings is 2. The number of hydrogen-bond acceptors (Lipinski definition) is 3. The molecule has 5 nitrogen and oxygen atoms in total. The number of amides is 2. The van der Waals surface area contributed by atoms with E-state index in [0.717, 1.165) is 5.56 Å². The van der Waals surface area contributed by atoms with Gasteiger partial charge in [0.2, 0.25) is 0 Å². The molecule has 2 aromatic carbocycles. The van der Waals surface area contributed by atoms with E-state index in [1.54, 1.807) is 24.3 Å². The van der Waals surface area contributed by atoms with Gasteiger partial charge in [-0.2, -0.15) is 5.10 Å². The second kappa shape index (κ2) is 7.21. The molecule has 2 aromatic rings. The topological polar surface area (TPSA) is 76.7 Å². The van der Waals surface area contributed by atoms with Crippen molar-refractivity contribution in [2.45, 2.75) is 13.3 Å². The number of nitrogens with zero attached hydrogens (tertiary/aromatic N) is 1. The minimum absolute atomic E-state index is 0.312. The third-order valence-electron chi connectivity index (χ3n) is 2.87. The summed E-state index contributed by atoms with van der Waals surface area (Å²) >= 11 is 0. The Kier molecular flexibility index (Phi) is 5.08. The summed E-state index contributed by atoms with van der Waals surface area (Å²) in [5.74, 6) is 0.857. The second-order valence-corrected chi connectivity index (χ2v) is 4.47. The number of nitrogens with two attached hydrogens (primary N) is 1. The molecule has 0 bridgehead atoms. The minimum Gasteiger partial charge on any atom is -0.457 e. The van der Waals surface area contributed by atoms with Gasteiger partial charge in [0.1, 0.15) is 17.3 Å². The zero-order valence-electron chi connectivity index (χ0n) is 12.0. The number of hydrazone groups is 1. The highest BCUT2D eigenvalue weighted by molar-refractivity contribution is 6.00. The summed E-state index contributed by atoms with van der Waals surface area (Å²) in [7, 11) is 0. The number of hydrogen-bond donors (Lipinski definition) is 2. The minimum atomic E-state index is -0.706. The lowest BCUT2D eigenvalue weighted by molar-refractivity contribution is 0.249. The standard InChI is InChI=1S/C16H16FN3O2/c1-2-15(19-20-16(18)21)11-3-7-13(8-4-11)22-14-9-5-12(17)6-10-14/h3-10H,2H2,1H3,(H3,18,20,21). The van der Waals surface area contributed by atoms with Gasteiger partial charge in [0.05, 0.1) is 5.71 Å². The second-order valence-electron chi connectivity index (χ2n) is 4.47. The molecule has 0 aliphatic heterocycles. The van der Waals surface area contributed by atoms with Gasteiger partial charge in [-0.05, 0) is 60.5 Å². The van der Waals surface area contributed by atoms with E-state index in [1.165, 1.54) is 12.1 Å². The normalized spacial score (nSPS) is 11.1. The Hall–Kier alpha value is -2.89. The molecule has 0 aliphatic carbocycles. The molecule has 0 atom stereocenters. The zero-order chi connectivity index (χ0) is 15.9. The lowest BCUT2D eigenvalue weighted by Crippen LogP contribution is -2.25. The molecule has 3 N–H and O–H groups in total. The van der Waals surface area contributed by atoms with Crippen LogP contribution in [0.15, 0.2) is 53.6 Å². The van der Waals surface area contributed by atoms with Gasteiger partial charge in [0.25, 0.3) is 0 Å². The van der Waals surface area contributed by atoms with Crippen LogP contribution < -0.4 is 15.9 Å². The molecule has 2 rings (SSSR count). The van der Waals surface area contributed by atoms with Gasteiger partial charge < -0.3 is 10.5 Å². The van der Waals surface area contributed by atoms with Gasteiger partial charge in [-0.15, -0.1) is 0 Å². The fraction of sp³-hybridized carbons (Fsp3) is 0.125. The fourth-order valence-corrected chi connectivity index (χ4v) is 1.82. The molecular formula is C16H16FN3O2. The van der Waals surface area contributed by atoms with Crippen LogP contribution in [0.3, 0.4) is 0 Å². The van der Waals surface area contributed by atoms with Crippen LogP contribution in [-0.4, -0.2) is 11.7 Å². The third kappa shape index (κ3) is 4.31. The van der Waals surface area contributed by atoms with E-state index >= 15 is 0 Å². The first-order valence-electron chi connectivity index (χ1n) is 6.74. The monoisotopic (exact) mass is 301 g/mol. The van der Waals surface area contributed by atoms with E-state index in [4.69, 9.17) is 10.5 Å². The smallest absolute Gasteiger partial charge is 0.332 e. The van der Waals surface area contributed by atoms with Crippen LogP contribution in [0.1, 0.15) is 18.9 Å². The molecular weight excluding hydrogens is 285 g/mol. The van der Waals surface area contributed by atoms with Crippen molar-refractivity contribution in [2.24, 2.45) is 10.8 Å². The van der Waals surface area contributed by atoms with Gasteiger partial charge >= 0.3 is 6.03 Å². The van der Waals surface area contributed by atoms with Crippen LogP contribution in [0, 0.1) is 5.82 Å². The van der Waals surface area contributed by atoms with Crippen molar-refractivity contribution >= 4 is 11.7 Å². The van der Waals surface area contributed by atoms with E-state index in [0.29, 0.717) is 23.6 Å². The van der Waals surface area contributed by atoms with Crippen LogP contribution in [0.2, 0.25) is 0 Å². The van der Waals surface area contributed by atoms with Gasteiger partial charge in [0, 0.05) is 0 Å². The molecule has 114 valence electrons. The molecule has 0 fully saturated rings. The van der Waals surface area contributed by atoms with E-state index < -0.39 is 6.03 Å². The average Bonchev–Trinajstić information content (AvgIpc) is 2.51. The summed E-state index contributed by atoms with van der Waals surface area (Å²) in [5, 5.41) is 3.94. The summed E-state index contributed by atoms with van der Waals surface area (Å²) < 4.78 is 18.4. The Morgan fingerprint density at radius 3 is 2.18 bits per heavy atom. The average molecular weight is 301 g/mol. The predicted octanol–water partition coefficient (Wildman–Crippen LogP) is 3.40. The number of ether oxygens (including phenoxy) is 1. The number of halogens is 1. The first-order valence-corrected chi connectivity index (χ1v) is 6.74. The summed E-state index contributed by atoms with van der Waals surface area (Å²) in [5.41, 5.74) is 8.76. The van der Waals surface area contributed by atoms with E-state index in [-0.39, 0.29) is 5.82 Å². The predicted molar refractivity (Wildman–Crippen MR) is 82.5 cm³/mol. The van der Waals surface area contributed by atoms with Crippen molar-refractivity contribution < 1.29 is 13.9 Å². The third-order valence-corrected chi connectivity index (χ3v) is 2.87. The van der Waals surface area contributed by atoms with Crippen molar-refractivity contribution in [3.05, 3.63) is 59.9 Å². The Balaban J connectivity index is 2.10. The number of urea groups is 1. The highest BCUT2D eigenvalue weighted by atomic mass is 19.1. The summed E-state index contributed by atoms with van der Waals surface area (Å²) in [6, 6.07) is 12.3. The number of primary amides is 1. The number of rotatable bonds is 5.